The van der Waals surface area contributed by atoms with E-state index in [4.69, 9.17) is 4.42 Å². The molecule has 1 saturated heterocycles. The molecule has 0 aliphatic carbocycles. The fraction of sp³-hybridized carbons (Fsp3) is 0.300. The number of H-pyrrole nitrogens is 1. The number of rotatable bonds is 5. The highest BCUT2D eigenvalue weighted by Crippen LogP contribution is 2.30. The SMILES string of the molecule is O=C(c1ccc(CS(=O)(=O)c2ccccc2)o1)N1CCCCC1c1ncc[nH]1. The van der Waals surface area contributed by atoms with Gasteiger partial charge >= 0.3 is 0 Å². The Labute approximate surface area is 163 Å². The Morgan fingerprint density at radius 3 is 2.75 bits per heavy atom. The molecule has 28 heavy (non-hydrogen) atoms. The Kier molecular flexibility index (Phi) is 5.04. The molecule has 1 atom stereocenters. The largest absolute Gasteiger partial charge is 0.455 e. The van der Waals surface area contributed by atoms with E-state index in [1.165, 1.54) is 0 Å². The zero-order valence-electron chi connectivity index (χ0n) is 15.2. The van der Waals surface area contributed by atoms with Crippen LogP contribution in [0.2, 0.25) is 0 Å². The van der Waals surface area contributed by atoms with Crippen LogP contribution < -0.4 is 0 Å². The zero-order chi connectivity index (χ0) is 19.6. The van der Waals surface area contributed by atoms with Gasteiger partial charge in [-0.15, -0.1) is 0 Å². The summed E-state index contributed by atoms with van der Waals surface area (Å²) in [5.41, 5.74) is 0. The maximum absolute atomic E-state index is 13.0. The molecule has 3 heterocycles. The van der Waals surface area contributed by atoms with Gasteiger partial charge < -0.3 is 14.3 Å². The van der Waals surface area contributed by atoms with Crippen molar-refractivity contribution in [3.63, 3.8) is 0 Å². The van der Waals surface area contributed by atoms with Crippen molar-refractivity contribution in [1.82, 2.24) is 14.9 Å². The van der Waals surface area contributed by atoms with Crippen molar-refractivity contribution in [2.45, 2.75) is 36.0 Å². The topological polar surface area (TPSA) is 96.3 Å². The van der Waals surface area contributed by atoms with Gasteiger partial charge in [0, 0.05) is 18.9 Å². The van der Waals surface area contributed by atoms with Crippen molar-refractivity contribution in [2.24, 2.45) is 0 Å². The van der Waals surface area contributed by atoms with Crippen LogP contribution in [0.25, 0.3) is 0 Å². The second-order valence-electron chi connectivity index (χ2n) is 6.82. The van der Waals surface area contributed by atoms with E-state index < -0.39 is 9.84 Å². The van der Waals surface area contributed by atoms with Gasteiger partial charge in [-0.3, -0.25) is 4.79 Å². The molecule has 4 rings (SSSR count). The van der Waals surface area contributed by atoms with Gasteiger partial charge in [-0.05, 0) is 43.5 Å². The summed E-state index contributed by atoms with van der Waals surface area (Å²) in [7, 11) is -3.53. The lowest BCUT2D eigenvalue weighted by molar-refractivity contribution is 0.0567. The predicted octanol–water partition coefficient (Wildman–Crippen LogP) is 3.34. The first-order valence-corrected chi connectivity index (χ1v) is 10.9. The number of amides is 1. The number of carbonyl (C=O) groups is 1. The predicted molar refractivity (Wildman–Crippen MR) is 102 cm³/mol. The van der Waals surface area contributed by atoms with Crippen LogP contribution in [-0.4, -0.2) is 35.7 Å². The lowest BCUT2D eigenvalue weighted by Crippen LogP contribution is -2.38. The number of sulfone groups is 1. The molecule has 1 unspecified atom stereocenters. The number of nitrogens with zero attached hydrogens (tertiary/aromatic N) is 2. The molecule has 3 aromatic rings. The molecule has 1 aromatic carbocycles. The van der Waals surface area contributed by atoms with Crippen LogP contribution in [0.15, 0.2) is 64.2 Å². The van der Waals surface area contributed by atoms with Crippen molar-refractivity contribution in [3.8, 4) is 0 Å². The lowest BCUT2D eigenvalue weighted by Gasteiger charge is -2.33. The van der Waals surface area contributed by atoms with E-state index in [2.05, 4.69) is 9.97 Å². The van der Waals surface area contributed by atoms with Crippen LogP contribution in [0.3, 0.4) is 0 Å². The third-order valence-corrected chi connectivity index (χ3v) is 6.56. The maximum Gasteiger partial charge on any atom is 0.290 e. The Morgan fingerprint density at radius 1 is 1.18 bits per heavy atom. The molecule has 2 aromatic heterocycles. The highest BCUT2D eigenvalue weighted by Gasteiger charge is 2.32. The Balaban J connectivity index is 1.53. The van der Waals surface area contributed by atoms with Gasteiger partial charge in [0.15, 0.2) is 15.6 Å². The summed E-state index contributed by atoms with van der Waals surface area (Å²) in [6.45, 7) is 0.614. The second-order valence-corrected chi connectivity index (χ2v) is 8.81. The highest BCUT2D eigenvalue weighted by atomic mass is 32.2. The molecular formula is C20H21N3O4S. The number of likely N-dealkylation sites (tertiary alicyclic amines) is 1. The van der Waals surface area contributed by atoms with E-state index in [9.17, 15) is 13.2 Å². The quantitative estimate of drug-likeness (QED) is 0.710. The zero-order valence-corrected chi connectivity index (χ0v) is 16.1. The first kappa shape index (κ1) is 18.5. The molecule has 0 bridgehead atoms. The fourth-order valence-corrected chi connectivity index (χ4v) is 4.80. The number of benzene rings is 1. The molecule has 0 spiro atoms. The molecule has 1 amide bonds. The van der Waals surface area contributed by atoms with Crippen LogP contribution in [0, 0.1) is 0 Å². The monoisotopic (exact) mass is 399 g/mol. The summed E-state index contributed by atoms with van der Waals surface area (Å²) in [6.07, 6.45) is 6.18. The molecule has 1 aliphatic heterocycles. The molecule has 8 heteroatoms. The first-order chi connectivity index (χ1) is 13.5. The molecular weight excluding hydrogens is 378 g/mol. The van der Waals surface area contributed by atoms with E-state index in [0.29, 0.717) is 6.54 Å². The number of carbonyl (C=O) groups excluding carboxylic acids is 1. The first-order valence-electron chi connectivity index (χ1n) is 9.21. The van der Waals surface area contributed by atoms with E-state index >= 15 is 0 Å². The number of hydrogen-bond donors (Lipinski definition) is 1. The van der Waals surface area contributed by atoms with Crippen LogP contribution >= 0.6 is 0 Å². The Hall–Kier alpha value is -2.87. The minimum atomic E-state index is -3.53. The highest BCUT2D eigenvalue weighted by molar-refractivity contribution is 7.90. The van der Waals surface area contributed by atoms with Gasteiger partial charge in [-0.2, -0.15) is 0 Å². The number of aromatic amines is 1. The fourth-order valence-electron chi connectivity index (χ4n) is 3.53. The average molecular weight is 399 g/mol. The van der Waals surface area contributed by atoms with E-state index in [0.717, 1.165) is 25.1 Å². The van der Waals surface area contributed by atoms with Crippen LogP contribution in [0.1, 0.15) is 47.4 Å². The molecule has 1 N–H and O–H groups in total. The number of imidazole rings is 1. The van der Waals surface area contributed by atoms with E-state index in [1.807, 2.05) is 0 Å². The summed E-state index contributed by atoms with van der Waals surface area (Å²) >= 11 is 0. The number of aromatic nitrogens is 2. The van der Waals surface area contributed by atoms with E-state index in [1.54, 1.807) is 59.8 Å². The van der Waals surface area contributed by atoms with Gasteiger partial charge in [0.25, 0.3) is 5.91 Å². The summed E-state index contributed by atoms with van der Waals surface area (Å²) < 4.78 is 30.7. The molecule has 1 aliphatic rings. The summed E-state index contributed by atoms with van der Waals surface area (Å²) in [4.78, 5) is 22.3. The van der Waals surface area contributed by atoms with Gasteiger partial charge in [0.1, 0.15) is 17.3 Å². The minimum Gasteiger partial charge on any atom is -0.455 e. The molecule has 0 radical (unpaired) electrons. The minimum absolute atomic E-state index is 0.127. The molecule has 7 nitrogen and oxygen atoms in total. The van der Waals surface area contributed by atoms with Crippen LogP contribution in [0.4, 0.5) is 0 Å². The number of hydrogen-bond acceptors (Lipinski definition) is 5. The van der Waals surface area contributed by atoms with Gasteiger partial charge in [-0.1, -0.05) is 18.2 Å². The van der Waals surface area contributed by atoms with Crippen molar-refractivity contribution >= 4 is 15.7 Å². The summed E-state index contributed by atoms with van der Waals surface area (Å²) in [5, 5.41) is 0. The number of nitrogens with one attached hydrogen (secondary N) is 1. The van der Waals surface area contributed by atoms with Crippen molar-refractivity contribution in [3.05, 3.63) is 72.2 Å². The van der Waals surface area contributed by atoms with Gasteiger partial charge in [-0.25, -0.2) is 13.4 Å². The molecule has 1 fully saturated rings. The van der Waals surface area contributed by atoms with Crippen LogP contribution in [0.5, 0.6) is 0 Å². The average Bonchev–Trinajstić information content (AvgIpc) is 3.40. The molecule has 146 valence electrons. The smallest absolute Gasteiger partial charge is 0.290 e. The van der Waals surface area contributed by atoms with E-state index in [-0.39, 0.29) is 34.1 Å². The van der Waals surface area contributed by atoms with Gasteiger partial charge in [0.05, 0.1) is 10.9 Å². The van der Waals surface area contributed by atoms with Crippen molar-refractivity contribution < 1.29 is 17.6 Å². The summed E-state index contributed by atoms with van der Waals surface area (Å²) in [6, 6.07) is 11.2. The number of furan rings is 1. The molecule has 0 saturated carbocycles. The van der Waals surface area contributed by atoms with Crippen molar-refractivity contribution in [1.29, 1.82) is 0 Å². The third-order valence-electron chi connectivity index (χ3n) is 4.91. The number of piperidine rings is 1. The third kappa shape index (κ3) is 3.73. The Morgan fingerprint density at radius 2 is 2.00 bits per heavy atom. The second kappa shape index (κ2) is 7.63. The van der Waals surface area contributed by atoms with Crippen molar-refractivity contribution in [2.75, 3.05) is 6.54 Å². The Bertz CT molecular complexity index is 1040. The van der Waals surface area contributed by atoms with Crippen LogP contribution in [-0.2, 0) is 15.6 Å². The van der Waals surface area contributed by atoms with Gasteiger partial charge in [0.2, 0.25) is 0 Å². The normalized spacial score (nSPS) is 17.6. The maximum atomic E-state index is 13.0. The lowest BCUT2D eigenvalue weighted by atomic mass is 10.0. The standard InChI is InChI=1S/C20H21N3O4S/c24-20(23-13-5-4-8-17(23)19-21-11-12-22-19)18-10-9-15(27-18)14-28(25,26)16-6-2-1-3-7-16/h1-3,6-7,9-12,17H,4-5,8,13-14H2,(H,21,22). The summed E-state index contributed by atoms with van der Waals surface area (Å²) in [5.74, 6) is 0.623.